The number of benzene rings is 1. The summed E-state index contributed by atoms with van der Waals surface area (Å²) in [5, 5.41) is 7.72. The first-order valence-corrected chi connectivity index (χ1v) is 9.24. The highest BCUT2D eigenvalue weighted by Crippen LogP contribution is 2.36. The van der Waals surface area contributed by atoms with Crippen molar-refractivity contribution in [1.82, 2.24) is 15.4 Å². The molecule has 1 amide bonds. The van der Waals surface area contributed by atoms with Gasteiger partial charge in [0.15, 0.2) is 11.5 Å². The number of piperidine rings is 1. The molecule has 1 N–H and O–H groups in total. The smallest absolute Gasteiger partial charge is 0.273 e. The van der Waals surface area contributed by atoms with Crippen molar-refractivity contribution >= 4 is 17.5 Å². The Labute approximate surface area is 159 Å². The summed E-state index contributed by atoms with van der Waals surface area (Å²) in [5.41, 5.74) is 1.16. The first-order valence-electron chi connectivity index (χ1n) is 8.86. The monoisotopic (exact) mass is 375 g/mol. The van der Waals surface area contributed by atoms with Crippen LogP contribution >= 0.6 is 11.6 Å². The van der Waals surface area contributed by atoms with E-state index in [0.717, 1.165) is 18.4 Å². The number of halogens is 1. The predicted molar refractivity (Wildman–Crippen MR) is 103 cm³/mol. The minimum atomic E-state index is -0.199. The SMILES string of the molecule is CN1C(C)(C)CC(NC(=O)c2cc(-c3ccc(Cl)cc3)on2)CC1(C)C. The molecule has 0 bridgehead atoms. The number of aromatic nitrogens is 1. The number of amides is 1. The number of nitrogens with zero attached hydrogens (tertiary/aromatic N) is 2. The van der Waals surface area contributed by atoms with Crippen molar-refractivity contribution < 1.29 is 9.32 Å². The standard InChI is InChI=1S/C20H26ClN3O2/c1-19(2)11-15(12-20(3,4)24(19)5)22-18(25)16-10-17(26-23-16)13-6-8-14(21)9-7-13/h6-10,15H,11-12H2,1-5H3,(H,22,25). The van der Waals surface area contributed by atoms with Gasteiger partial charge in [-0.15, -0.1) is 0 Å². The van der Waals surface area contributed by atoms with Crippen molar-refractivity contribution in [3.05, 3.63) is 41.0 Å². The second kappa shape index (κ2) is 6.71. The fourth-order valence-corrected chi connectivity index (χ4v) is 3.99. The third-order valence-electron chi connectivity index (χ3n) is 5.51. The summed E-state index contributed by atoms with van der Waals surface area (Å²) in [4.78, 5) is 15.0. The molecule has 5 nitrogen and oxygen atoms in total. The van der Waals surface area contributed by atoms with E-state index in [0.29, 0.717) is 16.5 Å². The van der Waals surface area contributed by atoms with Crippen molar-refractivity contribution in [2.24, 2.45) is 0 Å². The quantitative estimate of drug-likeness (QED) is 0.865. The van der Waals surface area contributed by atoms with E-state index in [1.54, 1.807) is 18.2 Å². The highest BCUT2D eigenvalue weighted by molar-refractivity contribution is 6.30. The first-order chi connectivity index (χ1) is 12.1. The largest absolute Gasteiger partial charge is 0.355 e. The van der Waals surface area contributed by atoms with Gasteiger partial charge in [0.1, 0.15) is 0 Å². The van der Waals surface area contributed by atoms with Gasteiger partial charge < -0.3 is 9.84 Å². The van der Waals surface area contributed by atoms with Crippen molar-refractivity contribution in [1.29, 1.82) is 0 Å². The van der Waals surface area contributed by atoms with E-state index in [2.05, 4.69) is 50.1 Å². The van der Waals surface area contributed by atoms with Gasteiger partial charge >= 0.3 is 0 Å². The molecule has 1 aromatic carbocycles. The van der Waals surface area contributed by atoms with E-state index in [9.17, 15) is 4.79 Å². The number of nitrogens with one attached hydrogen (secondary N) is 1. The summed E-state index contributed by atoms with van der Waals surface area (Å²) in [6, 6.07) is 9.01. The van der Waals surface area contributed by atoms with Gasteiger partial charge in [0.25, 0.3) is 5.91 Å². The van der Waals surface area contributed by atoms with E-state index < -0.39 is 0 Å². The second-order valence-electron chi connectivity index (χ2n) is 8.35. The van der Waals surface area contributed by atoms with Gasteiger partial charge in [-0.2, -0.15) is 0 Å². The topological polar surface area (TPSA) is 58.4 Å². The summed E-state index contributed by atoms with van der Waals surface area (Å²) in [6.07, 6.45) is 1.78. The fourth-order valence-electron chi connectivity index (χ4n) is 3.87. The molecule has 1 aromatic heterocycles. The predicted octanol–water partition coefficient (Wildman–Crippen LogP) is 4.38. The van der Waals surface area contributed by atoms with Gasteiger partial charge in [-0.3, -0.25) is 9.69 Å². The van der Waals surface area contributed by atoms with Gasteiger partial charge in [-0.05, 0) is 71.8 Å². The molecule has 140 valence electrons. The number of hydrogen-bond acceptors (Lipinski definition) is 4. The Morgan fingerprint density at radius 1 is 1.19 bits per heavy atom. The van der Waals surface area contributed by atoms with Crippen LogP contribution < -0.4 is 5.32 Å². The summed E-state index contributed by atoms with van der Waals surface area (Å²) in [7, 11) is 2.15. The van der Waals surface area contributed by atoms with Gasteiger partial charge in [0.05, 0.1) is 0 Å². The van der Waals surface area contributed by atoms with E-state index in [1.807, 2.05) is 12.1 Å². The molecule has 1 aliphatic rings. The number of hydrogen-bond donors (Lipinski definition) is 1. The zero-order valence-electron chi connectivity index (χ0n) is 16.0. The van der Waals surface area contributed by atoms with Gasteiger partial charge in [0.2, 0.25) is 0 Å². The summed E-state index contributed by atoms with van der Waals surface area (Å²) < 4.78 is 5.34. The van der Waals surface area contributed by atoms with Crippen LogP contribution in [0.4, 0.5) is 0 Å². The maximum atomic E-state index is 12.6. The molecular formula is C20H26ClN3O2. The van der Waals surface area contributed by atoms with Crippen LogP contribution in [0.15, 0.2) is 34.9 Å². The van der Waals surface area contributed by atoms with Crippen LogP contribution in [-0.4, -0.2) is 40.1 Å². The van der Waals surface area contributed by atoms with E-state index in [4.69, 9.17) is 16.1 Å². The summed E-state index contributed by atoms with van der Waals surface area (Å²) in [6.45, 7) is 8.84. The van der Waals surface area contributed by atoms with Crippen LogP contribution in [0, 0.1) is 0 Å². The molecule has 6 heteroatoms. The van der Waals surface area contributed by atoms with Crippen LogP contribution in [0.5, 0.6) is 0 Å². The Balaban J connectivity index is 1.72. The second-order valence-corrected chi connectivity index (χ2v) is 8.78. The van der Waals surface area contributed by atoms with Crippen molar-refractivity contribution in [2.45, 2.75) is 57.7 Å². The van der Waals surface area contributed by atoms with E-state index in [-0.39, 0.29) is 23.0 Å². The first kappa shape index (κ1) is 18.9. The van der Waals surface area contributed by atoms with E-state index >= 15 is 0 Å². The maximum absolute atomic E-state index is 12.6. The van der Waals surface area contributed by atoms with E-state index in [1.165, 1.54) is 0 Å². The third kappa shape index (κ3) is 3.79. The average Bonchev–Trinajstić information content (AvgIpc) is 3.03. The lowest BCUT2D eigenvalue weighted by molar-refractivity contribution is -0.0169. The molecule has 2 heterocycles. The molecule has 0 radical (unpaired) electrons. The molecule has 1 aliphatic heterocycles. The van der Waals surface area contributed by atoms with Gasteiger partial charge in [0, 0.05) is 33.8 Å². The lowest BCUT2D eigenvalue weighted by atomic mass is 9.77. The molecule has 0 unspecified atom stereocenters. The lowest BCUT2D eigenvalue weighted by Gasteiger charge is -2.53. The third-order valence-corrected chi connectivity index (χ3v) is 5.77. The molecule has 0 aliphatic carbocycles. The van der Waals surface area contributed by atoms with Crippen molar-refractivity contribution in [3.63, 3.8) is 0 Å². The highest BCUT2D eigenvalue weighted by atomic mass is 35.5. The zero-order chi connectivity index (χ0) is 19.1. The lowest BCUT2D eigenvalue weighted by Crippen LogP contribution is -2.62. The average molecular weight is 376 g/mol. The van der Waals surface area contributed by atoms with Crippen molar-refractivity contribution in [3.8, 4) is 11.3 Å². The fraction of sp³-hybridized carbons (Fsp3) is 0.500. The van der Waals surface area contributed by atoms with Crippen LogP contribution in [0.3, 0.4) is 0 Å². The Kier molecular flexibility index (Phi) is 4.88. The number of rotatable bonds is 3. The van der Waals surface area contributed by atoms with Crippen molar-refractivity contribution in [2.75, 3.05) is 7.05 Å². The molecule has 0 spiro atoms. The Morgan fingerprint density at radius 3 is 2.35 bits per heavy atom. The summed E-state index contributed by atoms with van der Waals surface area (Å²) >= 11 is 5.91. The van der Waals surface area contributed by atoms with Gasteiger partial charge in [-0.25, -0.2) is 0 Å². The number of carbonyl (C=O) groups excluding carboxylic acids is 1. The molecule has 1 fully saturated rings. The molecule has 3 rings (SSSR count). The Morgan fingerprint density at radius 2 is 1.77 bits per heavy atom. The van der Waals surface area contributed by atoms with Crippen LogP contribution in [-0.2, 0) is 0 Å². The Bertz CT molecular complexity index is 778. The normalized spacial score (nSPS) is 20.1. The molecule has 0 atom stereocenters. The molecule has 26 heavy (non-hydrogen) atoms. The maximum Gasteiger partial charge on any atom is 0.273 e. The summed E-state index contributed by atoms with van der Waals surface area (Å²) in [5.74, 6) is 0.353. The highest BCUT2D eigenvalue weighted by Gasteiger charge is 2.43. The van der Waals surface area contributed by atoms with Crippen LogP contribution in [0.25, 0.3) is 11.3 Å². The molecule has 2 aromatic rings. The van der Waals surface area contributed by atoms with Crippen LogP contribution in [0.1, 0.15) is 51.0 Å². The van der Waals surface area contributed by atoms with Gasteiger partial charge in [-0.1, -0.05) is 16.8 Å². The number of carbonyl (C=O) groups is 1. The zero-order valence-corrected chi connectivity index (χ0v) is 16.7. The molecular weight excluding hydrogens is 350 g/mol. The molecule has 0 saturated carbocycles. The molecule has 1 saturated heterocycles. The number of likely N-dealkylation sites (tertiary alicyclic amines) is 1. The minimum absolute atomic E-state index is 0.0119. The Hall–Kier alpha value is -1.85. The minimum Gasteiger partial charge on any atom is -0.355 e. The van der Waals surface area contributed by atoms with Crippen LogP contribution in [0.2, 0.25) is 5.02 Å².